The fraction of sp³-hybridized carbons (Fsp3) is 0.487. The Morgan fingerprint density at radius 2 is 1.30 bits per heavy atom. The smallest absolute Gasteiger partial charge is 0.420 e. The molecule has 0 aliphatic carbocycles. The van der Waals surface area contributed by atoms with Gasteiger partial charge in [-0.1, -0.05) is 75.2 Å². The maximum absolute atomic E-state index is 13.4. The Labute approximate surface area is 329 Å². The van der Waals surface area contributed by atoms with Crippen LogP contribution in [0.3, 0.4) is 0 Å². The van der Waals surface area contributed by atoms with E-state index in [1.165, 1.54) is 24.0 Å². The number of amides is 4. The molecular formula is C39H46N4O12S. The van der Waals surface area contributed by atoms with Crippen LogP contribution >= 0.6 is 12.8 Å². The number of alkyl carbamates (subject to hydrolysis) is 1. The maximum atomic E-state index is 13.4. The number of ether oxygens (including phenoxy) is 4. The van der Waals surface area contributed by atoms with Crippen LogP contribution in [0.2, 0.25) is 0 Å². The minimum Gasteiger partial charge on any atom is -0.456 e. The molecule has 3 aliphatic heterocycles. The summed E-state index contributed by atoms with van der Waals surface area (Å²) in [7, 11) is 2.38. The monoisotopic (exact) mass is 794 g/mol. The van der Waals surface area contributed by atoms with Crippen molar-refractivity contribution in [2.75, 3.05) is 34.0 Å². The second-order valence-corrected chi connectivity index (χ2v) is 14.6. The summed E-state index contributed by atoms with van der Waals surface area (Å²) in [5.41, 5.74) is 2.10. The minimum atomic E-state index is -0.978. The molecule has 5 rings (SSSR count). The number of carbonyl (C=O) groups excluding carboxylic acids is 8. The first-order chi connectivity index (χ1) is 26.7. The number of nitrogens with zero attached hydrogens (tertiary/aromatic N) is 3. The van der Waals surface area contributed by atoms with Gasteiger partial charge in [0.15, 0.2) is 24.8 Å². The largest absolute Gasteiger partial charge is 0.456 e. The number of methoxy groups -OCH3 is 2. The third-order valence-corrected chi connectivity index (χ3v) is 10.8. The molecule has 5 atom stereocenters. The summed E-state index contributed by atoms with van der Waals surface area (Å²) < 4.78 is 20.9. The Bertz CT molecular complexity index is 1840. The first kappa shape index (κ1) is 41.7. The SMILES string of the molecule is COC(=O)N[C@H]1CC[C@@H]2CC[C@@H](C(=O)OCC(=O)c3ccc(-c4ccc(C(=O)COC(=O)[C@@H]5CCCN5C(=O)[C@H](C(C)C)N(S)C(=O)OC)cc4)cc3)N2C1=O. The van der Waals surface area contributed by atoms with Crippen LogP contribution in [0.25, 0.3) is 11.1 Å². The summed E-state index contributed by atoms with van der Waals surface area (Å²) in [6, 6.07) is 9.55. The van der Waals surface area contributed by atoms with Crippen molar-refractivity contribution in [1.29, 1.82) is 0 Å². The number of Topliss-reactive ketones (excluding diaryl/α,β-unsaturated/α-hetero) is 2. The van der Waals surface area contributed by atoms with Crippen molar-refractivity contribution in [3.63, 3.8) is 0 Å². The zero-order chi connectivity index (χ0) is 40.7. The number of rotatable bonds is 13. The second-order valence-electron chi connectivity index (χ2n) is 14.2. The van der Waals surface area contributed by atoms with Crippen molar-refractivity contribution in [1.82, 2.24) is 19.4 Å². The molecule has 0 spiro atoms. The maximum Gasteiger partial charge on any atom is 0.420 e. The van der Waals surface area contributed by atoms with E-state index in [2.05, 4.69) is 22.9 Å². The van der Waals surface area contributed by atoms with E-state index in [-0.39, 0.29) is 24.4 Å². The van der Waals surface area contributed by atoms with Crippen LogP contribution in [-0.2, 0) is 38.1 Å². The molecular weight excluding hydrogens is 749 g/mol. The van der Waals surface area contributed by atoms with Crippen molar-refractivity contribution in [2.45, 2.75) is 82.6 Å². The van der Waals surface area contributed by atoms with Crippen LogP contribution in [0.15, 0.2) is 48.5 Å². The van der Waals surface area contributed by atoms with E-state index in [9.17, 15) is 38.4 Å². The fourth-order valence-corrected chi connectivity index (χ4v) is 7.83. The number of ketones is 2. The molecule has 16 nitrogen and oxygen atoms in total. The third-order valence-electron chi connectivity index (χ3n) is 10.3. The fourth-order valence-electron chi connectivity index (χ4n) is 7.38. The predicted molar refractivity (Wildman–Crippen MR) is 201 cm³/mol. The van der Waals surface area contributed by atoms with Crippen molar-refractivity contribution in [2.24, 2.45) is 5.92 Å². The van der Waals surface area contributed by atoms with Crippen LogP contribution in [0, 0.1) is 5.92 Å². The van der Waals surface area contributed by atoms with Gasteiger partial charge >= 0.3 is 24.1 Å². The van der Waals surface area contributed by atoms with Crippen LogP contribution in [0.5, 0.6) is 0 Å². The lowest BCUT2D eigenvalue weighted by Crippen LogP contribution is -2.57. The Morgan fingerprint density at radius 1 is 0.768 bits per heavy atom. The highest BCUT2D eigenvalue weighted by atomic mass is 32.1. The van der Waals surface area contributed by atoms with E-state index in [1.54, 1.807) is 62.4 Å². The van der Waals surface area contributed by atoms with Gasteiger partial charge in [0.2, 0.25) is 11.8 Å². The summed E-state index contributed by atoms with van der Waals surface area (Å²) in [5.74, 6) is -3.45. The van der Waals surface area contributed by atoms with E-state index in [0.717, 1.165) is 15.4 Å². The van der Waals surface area contributed by atoms with Crippen LogP contribution < -0.4 is 5.32 Å². The average molecular weight is 795 g/mol. The van der Waals surface area contributed by atoms with Crippen molar-refractivity contribution in [3.8, 4) is 11.1 Å². The Balaban J connectivity index is 1.11. The van der Waals surface area contributed by atoms with Crippen LogP contribution in [0.4, 0.5) is 9.59 Å². The van der Waals surface area contributed by atoms with Gasteiger partial charge in [0, 0.05) is 23.7 Å². The number of hydrogen-bond acceptors (Lipinski definition) is 13. The number of likely N-dealkylation sites (tertiary alicyclic amines) is 1. The predicted octanol–water partition coefficient (Wildman–Crippen LogP) is 3.61. The van der Waals surface area contributed by atoms with Crippen molar-refractivity contribution >= 4 is 60.3 Å². The van der Waals surface area contributed by atoms with Crippen molar-refractivity contribution < 1.29 is 57.3 Å². The second kappa shape index (κ2) is 18.5. The molecule has 2 aromatic rings. The molecule has 0 bridgehead atoms. The Kier molecular flexibility index (Phi) is 13.7. The summed E-state index contributed by atoms with van der Waals surface area (Å²) in [5, 5.41) is 2.51. The molecule has 0 unspecified atom stereocenters. The van der Waals surface area contributed by atoms with Gasteiger partial charge in [0.25, 0.3) is 0 Å². The van der Waals surface area contributed by atoms with Gasteiger partial charge < -0.3 is 34.1 Å². The highest BCUT2D eigenvalue weighted by molar-refractivity contribution is 7.78. The molecule has 4 amide bonds. The molecule has 3 fully saturated rings. The van der Waals surface area contributed by atoms with Crippen molar-refractivity contribution in [3.05, 3.63) is 59.7 Å². The number of carbonyl (C=O) groups is 8. The number of benzene rings is 2. The molecule has 3 aliphatic rings. The third kappa shape index (κ3) is 9.32. The molecule has 0 radical (unpaired) electrons. The summed E-state index contributed by atoms with van der Waals surface area (Å²) >= 11 is 4.16. The van der Waals surface area contributed by atoms with Gasteiger partial charge in [0.05, 0.1) is 14.2 Å². The van der Waals surface area contributed by atoms with Crippen LogP contribution in [-0.4, -0.2) is 126 Å². The number of piperidine rings is 1. The topological polar surface area (TPSA) is 195 Å². The lowest BCUT2D eigenvalue weighted by molar-refractivity contribution is -0.155. The number of thiol groups is 1. The quantitative estimate of drug-likeness (QED) is 0.130. The molecule has 0 aromatic heterocycles. The summed E-state index contributed by atoms with van der Waals surface area (Å²) in [6.45, 7) is 2.74. The van der Waals surface area contributed by atoms with Gasteiger partial charge in [-0.2, -0.15) is 0 Å². The molecule has 3 saturated heterocycles. The Morgan fingerprint density at radius 3 is 1.82 bits per heavy atom. The zero-order valence-corrected chi connectivity index (χ0v) is 32.5. The molecule has 56 heavy (non-hydrogen) atoms. The molecule has 3 heterocycles. The number of fused-ring (bicyclic) bond motifs is 1. The van der Waals surface area contributed by atoms with E-state index >= 15 is 0 Å². The number of esters is 2. The Hall–Kier alpha value is -5.45. The minimum absolute atomic E-state index is 0.138. The number of nitrogens with one attached hydrogen (secondary N) is 1. The van der Waals surface area contributed by atoms with E-state index < -0.39 is 79.0 Å². The molecule has 2 aromatic carbocycles. The summed E-state index contributed by atoms with van der Waals surface area (Å²) in [6.07, 6.45) is 1.43. The van der Waals surface area contributed by atoms with Gasteiger partial charge in [0.1, 0.15) is 24.2 Å². The lowest BCUT2D eigenvalue weighted by Gasteiger charge is -2.37. The molecule has 300 valence electrons. The normalized spacial score (nSPS) is 20.8. The van der Waals surface area contributed by atoms with Gasteiger partial charge in [-0.05, 0) is 55.6 Å². The van der Waals surface area contributed by atoms with Gasteiger partial charge in [-0.3, -0.25) is 19.2 Å². The van der Waals surface area contributed by atoms with Gasteiger partial charge in [-0.15, -0.1) is 0 Å². The number of hydrogen-bond donors (Lipinski definition) is 2. The average Bonchev–Trinajstić information content (AvgIpc) is 3.88. The van der Waals surface area contributed by atoms with E-state index in [0.29, 0.717) is 49.7 Å². The van der Waals surface area contributed by atoms with Crippen LogP contribution in [0.1, 0.15) is 73.1 Å². The molecule has 17 heteroatoms. The highest BCUT2D eigenvalue weighted by Gasteiger charge is 2.47. The van der Waals surface area contributed by atoms with Gasteiger partial charge in [-0.25, -0.2) is 23.5 Å². The summed E-state index contributed by atoms with van der Waals surface area (Å²) in [4.78, 5) is 105. The van der Waals surface area contributed by atoms with E-state index in [4.69, 9.17) is 14.2 Å². The molecule has 0 saturated carbocycles. The standard InChI is InChI=1S/C39H46N4O12S/c1-22(2)33(43(56)39(51)53-4)35(47)41-19-5-6-29(41)36(48)54-20-31(44)25-11-7-23(8-12-25)24-9-13-26(14-10-24)32(45)21-55-37(49)30-18-16-27-15-17-28(34(46)42(27)30)40-38(50)52-3/h7-14,22,27-30,33,56H,5-6,15-21H2,1-4H3,(H,40,50)/t27-,28+,29+,30+,33+/m1/s1. The first-order valence-electron chi connectivity index (χ1n) is 18.4. The zero-order valence-electron chi connectivity index (χ0n) is 31.6. The first-order valence-corrected chi connectivity index (χ1v) is 18.8. The highest BCUT2D eigenvalue weighted by Crippen LogP contribution is 2.33. The lowest BCUT2D eigenvalue weighted by atomic mass is 9.98. The van der Waals surface area contributed by atoms with E-state index in [1.807, 2.05) is 0 Å². The molecule has 1 N–H and O–H groups in total.